The van der Waals surface area contributed by atoms with E-state index in [1.54, 1.807) is 0 Å². The fourth-order valence-electron chi connectivity index (χ4n) is 1.57. The van der Waals surface area contributed by atoms with Gasteiger partial charge in [-0.05, 0) is 40.6 Å². The normalized spacial score (nSPS) is 10.2. The van der Waals surface area contributed by atoms with E-state index in [9.17, 15) is 9.18 Å². The molecule has 0 aliphatic carbocycles. The highest BCUT2D eigenvalue weighted by atomic mass is 32.1. The summed E-state index contributed by atoms with van der Waals surface area (Å²) in [4.78, 5) is 12.0. The third-order valence-corrected chi connectivity index (χ3v) is 3.14. The Morgan fingerprint density at radius 1 is 1.41 bits per heavy atom. The van der Waals surface area contributed by atoms with E-state index >= 15 is 0 Å². The van der Waals surface area contributed by atoms with Crippen LogP contribution in [0.3, 0.4) is 0 Å². The average molecular weight is 250 g/mol. The van der Waals surface area contributed by atoms with Gasteiger partial charge in [0.15, 0.2) is 5.78 Å². The van der Waals surface area contributed by atoms with Crippen LogP contribution in [0.5, 0.6) is 5.75 Å². The number of carbonyl (C=O) groups excluding carboxylic acids is 1. The minimum absolute atomic E-state index is 0.139. The van der Waals surface area contributed by atoms with Crippen molar-refractivity contribution in [3.05, 3.63) is 52.0 Å². The lowest BCUT2D eigenvalue weighted by Gasteiger charge is -2.07. The van der Waals surface area contributed by atoms with Crippen LogP contribution in [0, 0.1) is 5.82 Å². The number of ether oxygens (including phenoxy) is 1. The molecule has 0 aliphatic rings. The minimum atomic E-state index is -0.431. The third kappa shape index (κ3) is 2.71. The lowest BCUT2D eigenvalue weighted by molar-refractivity contribution is 0.0989. The van der Waals surface area contributed by atoms with Gasteiger partial charge in [-0.3, -0.25) is 4.79 Å². The van der Waals surface area contributed by atoms with E-state index in [1.165, 1.54) is 36.6 Å². The Morgan fingerprint density at radius 2 is 2.24 bits per heavy atom. The summed E-state index contributed by atoms with van der Waals surface area (Å²) in [7, 11) is 1.47. The summed E-state index contributed by atoms with van der Waals surface area (Å²) in [5, 5.41) is 3.81. The van der Waals surface area contributed by atoms with Crippen LogP contribution in [0.1, 0.15) is 15.9 Å². The van der Waals surface area contributed by atoms with Crippen molar-refractivity contribution in [2.75, 3.05) is 7.11 Å². The maximum atomic E-state index is 13.1. The van der Waals surface area contributed by atoms with Crippen molar-refractivity contribution in [2.24, 2.45) is 0 Å². The lowest BCUT2D eigenvalue weighted by atomic mass is 10.0. The van der Waals surface area contributed by atoms with Crippen molar-refractivity contribution < 1.29 is 13.9 Å². The molecule has 2 rings (SSSR count). The van der Waals surface area contributed by atoms with Gasteiger partial charge >= 0.3 is 0 Å². The first-order chi connectivity index (χ1) is 8.20. The number of halogens is 1. The number of rotatable bonds is 4. The fraction of sp³-hybridized carbons (Fsp3) is 0.154. The quantitative estimate of drug-likeness (QED) is 0.778. The molecule has 1 heterocycles. The number of ketones is 1. The van der Waals surface area contributed by atoms with E-state index < -0.39 is 5.82 Å². The predicted octanol–water partition coefficient (Wildman–Crippen LogP) is 3.32. The third-order valence-electron chi connectivity index (χ3n) is 2.41. The smallest absolute Gasteiger partial charge is 0.171 e. The van der Waals surface area contributed by atoms with Crippen LogP contribution in [0.2, 0.25) is 0 Å². The Balaban J connectivity index is 2.26. The summed E-state index contributed by atoms with van der Waals surface area (Å²) in [6.07, 6.45) is 0.267. The molecule has 1 aromatic heterocycles. The number of hydrogen-bond acceptors (Lipinski definition) is 3. The predicted molar refractivity (Wildman–Crippen MR) is 65.3 cm³/mol. The number of hydrogen-bond donors (Lipinski definition) is 0. The standard InChI is InChI=1S/C13H11FO2S/c1-16-13-3-2-10(14)7-11(13)12(15)6-9-4-5-17-8-9/h2-5,7-8H,6H2,1H3. The number of Topliss-reactive ketones (excluding diaryl/α,β-unsaturated/α-hetero) is 1. The number of thiophene rings is 1. The second-order valence-corrected chi connectivity index (χ2v) is 4.36. The van der Waals surface area contributed by atoms with Crippen molar-refractivity contribution in [1.82, 2.24) is 0 Å². The number of methoxy groups -OCH3 is 1. The highest BCUT2D eigenvalue weighted by Gasteiger charge is 2.14. The molecule has 0 saturated heterocycles. The van der Waals surface area contributed by atoms with E-state index in [0.29, 0.717) is 11.3 Å². The summed E-state index contributed by atoms with van der Waals surface area (Å²) in [5.74, 6) is -0.161. The van der Waals surface area contributed by atoms with Gasteiger partial charge < -0.3 is 4.74 Å². The first kappa shape index (κ1) is 11.8. The maximum Gasteiger partial charge on any atom is 0.171 e. The Hall–Kier alpha value is -1.68. The molecule has 17 heavy (non-hydrogen) atoms. The highest BCUT2D eigenvalue weighted by Crippen LogP contribution is 2.21. The molecule has 1 aromatic carbocycles. The largest absolute Gasteiger partial charge is 0.496 e. The molecule has 0 unspecified atom stereocenters. The highest BCUT2D eigenvalue weighted by molar-refractivity contribution is 7.08. The molecule has 0 aliphatic heterocycles. The van der Waals surface area contributed by atoms with E-state index in [-0.39, 0.29) is 12.2 Å². The second-order valence-electron chi connectivity index (χ2n) is 3.58. The van der Waals surface area contributed by atoms with Gasteiger partial charge in [0.05, 0.1) is 12.7 Å². The van der Waals surface area contributed by atoms with Crippen LogP contribution in [-0.4, -0.2) is 12.9 Å². The van der Waals surface area contributed by atoms with E-state index in [1.807, 2.05) is 16.8 Å². The zero-order valence-corrected chi connectivity index (χ0v) is 10.1. The van der Waals surface area contributed by atoms with Gasteiger partial charge in [-0.1, -0.05) is 0 Å². The first-order valence-corrected chi connectivity index (χ1v) is 6.03. The molecule has 0 spiro atoms. The first-order valence-electron chi connectivity index (χ1n) is 5.08. The summed E-state index contributed by atoms with van der Waals surface area (Å²) in [6, 6.07) is 5.85. The summed E-state index contributed by atoms with van der Waals surface area (Å²) in [6.45, 7) is 0. The van der Waals surface area contributed by atoms with Gasteiger partial charge in [0.1, 0.15) is 11.6 Å². The Bertz CT molecular complexity index is 520. The van der Waals surface area contributed by atoms with Crippen molar-refractivity contribution >= 4 is 17.1 Å². The Labute approximate surface area is 103 Å². The van der Waals surface area contributed by atoms with Crippen molar-refractivity contribution in [2.45, 2.75) is 6.42 Å². The van der Waals surface area contributed by atoms with Gasteiger partial charge in [-0.25, -0.2) is 4.39 Å². The molecule has 0 bridgehead atoms. The molecule has 88 valence electrons. The Morgan fingerprint density at radius 3 is 2.88 bits per heavy atom. The number of benzene rings is 1. The van der Waals surface area contributed by atoms with Crippen LogP contribution in [0.4, 0.5) is 4.39 Å². The molecule has 2 nitrogen and oxygen atoms in total. The molecule has 0 saturated carbocycles. The Kier molecular flexibility index (Phi) is 3.54. The summed E-state index contributed by atoms with van der Waals surface area (Å²) >= 11 is 1.53. The molecule has 4 heteroatoms. The lowest BCUT2D eigenvalue weighted by Crippen LogP contribution is -2.05. The van der Waals surface area contributed by atoms with Crippen molar-refractivity contribution in [3.63, 3.8) is 0 Å². The summed E-state index contributed by atoms with van der Waals surface area (Å²) < 4.78 is 18.2. The fourth-order valence-corrected chi connectivity index (χ4v) is 2.24. The maximum absolute atomic E-state index is 13.1. The zero-order valence-electron chi connectivity index (χ0n) is 9.27. The topological polar surface area (TPSA) is 26.3 Å². The van der Waals surface area contributed by atoms with Crippen LogP contribution in [0.15, 0.2) is 35.0 Å². The van der Waals surface area contributed by atoms with E-state index in [0.717, 1.165) is 5.56 Å². The van der Waals surface area contributed by atoms with E-state index in [2.05, 4.69) is 0 Å². The van der Waals surface area contributed by atoms with Crippen molar-refractivity contribution in [3.8, 4) is 5.75 Å². The molecular weight excluding hydrogens is 239 g/mol. The molecule has 0 fully saturated rings. The van der Waals surface area contributed by atoms with Crippen molar-refractivity contribution in [1.29, 1.82) is 0 Å². The molecular formula is C13H11FO2S. The average Bonchev–Trinajstić information content (AvgIpc) is 2.81. The summed E-state index contributed by atoms with van der Waals surface area (Å²) in [5.41, 5.74) is 1.23. The van der Waals surface area contributed by atoms with Crippen LogP contribution < -0.4 is 4.74 Å². The molecule has 0 radical (unpaired) electrons. The second kappa shape index (κ2) is 5.10. The molecule has 2 aromatic rings. The van der Waals surface area contributed by atoms with Gasteiger partial charge in [0.25, 0.3) is 0 Å². The monoisotopic (exact) mass is 250 g/mol. The number of carbonyl (C=O) groups is 1. The molecule has 0 N–H and O–H groups in total. The molecule has 0 atom stereocenters. The van der Waals surface area contributed by atoms with Crippen LogP contribution >= 0.6 is 11.3 Å². The SMILES string of the molecule is COc1ccc(F)cc1C(=O)Cc1ccsc1. The van der Waals surface area contributed by atoms with Gasteiger partial charge in [-0.15, -0.1) is 0 Å². The van der Waals surface area contributed by atoms with Crippen LogP contribution in [-0.2, 0) is 6.42 Å². The minimum Gasteiger partial charge on any atom is -0.496 e. The van der Waals surface area contributed by atoms with Gasteiger partial charge in [-0.2, -0.15) is 11.3 Å². The van der Waals surface area contributed by atoms with E-state index in [4.69, 9.17) is 4.74 Å². The van der Waals surface area contributed by atoms with Gasteiger partial charge in [0.2, 0.25) is 0 Å². The molecule has 0 amide bonds. The zero-order chi connectivity index (χ0) is 12.3. The van der Waals surface area contributed by atoms with Crippen LogP contribution in [0.25, 0.3) is 0 Å². The van der Waals surface area contributed by atoms with Gasteiger partial charge in [0, 0.05) is 6.42 Å².